The summed E-state index contributed by atoms with van der Waals surface area (Å²) in [6, 6.07) is 10.9. The predicted molar refractivity (Wildman–Crippen MR) is 91.9 cm³/mol. The molecule has 15 heteroatoms. The standard InChI is InChI=1S/C13H14O2.C2F6O5S2/c1-13(2,15)11-5-3-10-8-12(14)6-4-9(10)7-11;3-1(4,5)14(9,10)13-15(11,12)2(6,7)8/h3-8,14-15H,1-2H3;. The SMILES string of the molecule is CC(C)(O)c1ccc2cc(O)ccc2c1.O=S(=O)(OS(=O)(=O)C(F)(F)F)C(F)(F)F. The molecule has 0 aliphatic carbocycles. The summed E-state index contributed by atoms with van der Waals surface area (Å²) in [5, 5.41) is 21.2. The van der Waals surface area contributed by atoms with Crippen LogP contribution in [0.3, 0.4) is 0 Å². The summed E-state index contributed by atoms with van der Waals surface area (Å²) in [5.74, 6) is 0.263. The zero-order chi connectivity index (χ0) is 23.8. The van der Waals surface area contributed by atoms with Gasteiger partial charge in [0.25, 0.3) is 0 Å². The molecule has 0 radical (unpaired) electrons. The van der Waals surface area contributed by atoms with Gasteiger partial charge in [0, 0.05) is 0 Å². The molecular weight excluding hydrogens is 470 g/mol. The van der Waals surface area contributed by atoms with Gasteiger partial charge in [-0.1, -0.05) is 18.2 Å². The summed E-state index contributed by atoms with van der Waals surface area (Å²) < 4.78 is 110. The predicted octanol–water partition coefficient (Wildman–Crippen LogP) is 3.48. The first kappa shape index (κ1) is 25.9. The van der Waals surface area contributed by atoms with Gasteiger partial charge in [-0.25, -0.2) is 0 Å². The molecular formula is C15H14F6O7S2. The summed E-state index contributed by atoms with van der Waals surface area (Å²) >= 11 is 0. The number of hydrogen-bond donors (Lipinski definition) is 2. The monoisotopic (exact) mass is 484 g/mol. The van der Waals surface area contributed by atoms with Gasteiger partial charge in [-0.05, 0) is 48.4 Å². The summed E-state index contributed by atoms with van der Waals surface area (Å²) in [6.45, 7) is 3.52. The number of aromatic hydroxyl groups is 1. The van der Waals surface area contributed by atoms with E-state index < -0.39 is 36.9 Å². The third kappa shape index (κ3) is 6.45. The number of benzene rings is 2. The molecule has 170 valence electrons. The van der Waals surface area contributed by atoms with Crippen molar-refractivity contribution in [2.24, 2.45) is 0 Å². The molecule has 0 aromatic heterocycles. The van der Waals surface area contributed by atoms with Gasteiger partial charge in [0.2, 0.25) is 0 Å². The Labute approximate surface area is 166 Å². The Morgan fingerprint density at radius 1 is 0.767 bits per heavy atom. The number of phenolic OH excluding ortho intramolecular Hbond substituents is 1. The first-order valence-corrected chi connectivity index (χ1v) is 10.3. The van der Waals surface area contributed by atoms with Gasteiger partial charge in [0.05, 0.1) is 5.60 Å². The number of hydrogen-bond acceptors (Lipinski definition) is 7. The molecule has 0 amide bonds. The molecule has 0 aliphatic heterocycles. The molecule has 0 fully saturated rings. The third-order valence-corrected chi connectivity index (χ3v) is 5.84. The van der Waals surface area contributed by atoms with Gasteiger partial charge in [-0.3, -0.25) is 0 Å². The Kier molecular flexibility index (Phi) is 7.09. The summed E-state index contributed by atoms with van der Waals surface area (Å²) in [4.78, 5) is 0. The number of aliphatic hydroxyl groups is 1. The fourth-order valence-corrected chi connectivity index (χ4v) is 3.37. The minimum Gasteiger partial charge on any atom is -0.508 e. The van der Waals surface area contributed by atoms with Crippen molar-refractivity contribution >= 4 is 31.0 Å². The van der Waals surface area contributed by atoms with E-state index in [0.717, 1.165) is 16.3 Å². The topological polar surface area (TPSA) is 118 Å². The highest BCUT2D eigenvalue weighted by molar-refractivity contribution is 8.00. The molecule has 2 N–H and O–H groups in total. The van der Waals surface area contributed by atoms with E-state index in [-0.39, 0.29) is 5.75 Å². The number of alkyl halides is 6. The average Bonchev–Trinajstić information content (AvgIpc) is 2.50. The molecule has 0 aliphatic rings. The van der Waals surface area contributed by atoms with E-state index in [1.54, 1.807) is 26.0 Å². The average molecular weight is 484 g/mol. The van der Waals surface area contributed by atoms with Crippen LogP contribution < -0.4 is 0 Å². The molecule has 0 atom stereocenters. The maximum atomic E-state index is 11.4. The van der Waals surface area contributed by atoms with Crippen molar-refractivity contribution in [3.63, 3.8) is 0 Å². The molecule has 0 bridgehead atoms. The lowest BCUT2D eigenvalue weighted by Crippen LogP contribution is -2.34. The Balaban J connectivity index is 0.000000300. The van der Waals surface area contributed by atoms with E-state index in [1.165, 1.54) is 0 Å². The number of halogens is 6. The van der Waals surface area contributed by atoms with Gasteiger partial charge >= 0.3 is 31.3 Å². The van der Waals surface area contributed by atoms with E-state index in [0.29, 0.717) is 0 Å². The second kappa shape index (κ2) is 8.20. The molecule has 0 spiro atoms. The van der Waals surface area contributed by atoms with Crippen molar-refractivity contribution in [2.45, 2.75) is 30.5 Å². The van der Waals surface area contributed by atoms with Gasteiger partial charge in [-0.2, -0.15) is 43.2 Å². The van der Waals surface area contributed by atoms with Crippen LogP contribution in [0.5, 0.6) is 5.75 Å². The lowest BCUT2D eigenvalue weighted by molar-refractivity contribution is -0.0585. The lowest BCUT2D eigenvalue weighted by atomic mass is 9.95. The van der Waals surface area contributed by atoms with Gasteiger partial charge < -0.3 is 10.2 Å². The molecule has 7 nitrogen and oxygen atoms in total. The van der Waals surface area contributed by atoms with Gasteiger partial charge in [0.1, 0.15) is 5.75 Å². The summed E-state index contributed by atoms with van der Waals surface area (Å²) in [6.07, 6.45) is 0. The molecule has 0 saturated carbocycles. The fourth-order valence-electron chi connectivity index (χ4n) is 1.81. The number of fused-ring (bicyclic) bond motifs is 1. The minimum absolute atomic E-state index is 0.263. The first-order valence-electron chi connectivity index (χ1n) is 7.47. The third-order valence-electron chi connectivity index (χ3n) is 3.28. The summed E-state index contributed by atoms with van der Waals surface area (Å²) in [7, 11) is -13.7. The van der Waals surface area contributed by atoms with Crippen molar-refractivity contribution in [2.75, 3.05) is 0 Å². The van der Waals surface area contributed by atoms with Crippen molar-refractivity contribution in [3.8, 4) is 5.75 Å². The molecule has 2 rings (SSSR count). The lowest BCUT2D eigenvalue weighted by Gasteiger charge is -2.18. The van der Waals surface area contributed by atoms with Crippen LogP contribution in [0, 0.1) is 0 Å². The van der Waals surface area contributed by atoms with Crippen molar-refractivity contribution in [1.29, 1.82) is 0 Å². The second-order valence-electron chi connectivity index (χ2n) is 6.17. The Morgan fingerprint density at radius 3 is 1.57 bits per heavy atom. The highest BCUT2D eigenvalue weighted by atomic mass is 32.3. The quantitative estimate of drug-likeness (QED) is 0.506. The van der Waals surface area contributed by atoms with Crippen LogP contribution in [0.15, 0.2) is 36.4 Å². The minimum atomic E-state index is -6.85. The highest BCUT2D eigenvalue weighted by Crippen LogP contribution is 2.32. The molecule has 2 aromatic rings. The van der Waals surface area contributed by atoms with E-state index in [9.17, 15) is 53.4 Å². The maximum Gasteiger partial charge on any atom is 0.524 e. The van der Waals surface area contributed by atoms with Crippen molar-refractivity contribution in [3.05, 3.63) is 42.0 Å². The highest BCUT2D eigenvalue weighted by Gasteiger charge is 2.57. The molecule has 0 heterocycles. The van der Waals surface area contributed by atoms with Crippen LogP contribution in [-0.2, 0) is 29.5 Å². The molecule has 30 heavy (non-hydrogen) atoms. The van der Waals surface area contributed by atoms with Crippen LogP contribution in [0.25, 0.3) is 10.8 Å². The molecule has 2 aromatic carbocycles. The van der Waals surface area contributed by atoms with E-state index >= 15 is 0 Å². The Hall–Kier alpha value is -2.10. The Bertz CT molecular complexity index is 1070. The van der Waals surface area contributed by atoms with Crippen LogP contribution >= 0.6 is 0 Å². The van der Waals surface area contributed by atoms with Gasteiger partial charge in [0.15, 0.2) is 0 Å². The zero-order valence-electron chi connectivity index (χ0n) is 15.0. The first-order chi connectivity index (χ1) is 13.2. The molecule has 0 unspecified atom stereocenters. The fraction of sp³-hybridized carbons (Fsp3) is 0.333. The van der Waals surface area contributed by atoms with E-state index in [2.05, 4.69) is 0 Å². The van der Waals surface area contributed by atoms with Crippen molar-refractivity contribution < 1.29 is 57.0 Å². The van der Waals surface area contributed by atoms with Crippen LogP contribution in [0.1, 0.15) is 19.4 Å². The Morgan fingerprint density at radius 2 is 1.17 bits per heavy atom. The zero-order valence-corrected chi connectivity index (χ0v) is 16.6. The van der Waals surface area contributed by atoms with E-state index in [1.807, 2.05) is 27.9 Å². The number of rotatable bonds is 3. The smallest absolute Gasteiger partial charge is 0.508 e. The normalized spacial score (nSPS) is 13.6. The second-order valence-corrected chi connectivity index (χ2v) is 9.46. The van der Waals surface area contributed by atoms with Crippen molar-refractivity contribution in [1.82, 2.24) is 0 Å². The number of phenols is 1. The largest absolute Gasteiger partial charge is 0.524 e. The van der Waals surface area contributed by atoms with Crippen LogP contribution in [-0.4, -0.2) is 38.1 Å². The van der Waals surface area contributed by atoms with Gasteiger partial charge in [-0.15, -0.1) is 3.63 Å². The molecule has 0 saturated heterocycles. The summed E-state index contributed by atoms with van der Waals surface area (Å²) in [5.41, 5.74) is -12.5. The van der Waals surface area contributed by atoms with Crippen LogP contribution in [0.4, 0.5) is 26.3 Å². The maximum absolute atomic E-state index is 11.4. The van der Waals surface area contributed by atoms with Crippen LogP contribution in [0.2, 0.25) is 0 Å². The van der Waals surface area contributed by atoms with E-state index in [4.69, 9.17) is 0 Å².